The molecule has 0 saturated heterocycles. The number of primary amides is 1. The number of nitrogens with two attached hydrogens (primary N) is 1. The van der Waals surface area contributed by atoms with E-state index in [9.17, 15) is 9.59 Å². The minimum absolute atomic E-state index is 0.392. The Hall–Kier alpha value is -1.57. The van der Waals surface area contributed by atoms with E-state index in [0.717, 1.165) is 23.5 Å². The Labute approximate surface area is 128 Å². The number of methoxy groups -OCH3 is 1. The quantitative estimate of drug-likeness (QED) is 0.494. The Balaban J connectivity index is 2.51. The summed E-state index contributed by atoms with van der Waals surface area (Å²) in [6, 6.07) is 7.06. The average Bonchev–Trinajstić information content (AvgIpc) is 2.43. The Morgan fingerprint density at radius 1 is 1.43 bits per heavy atom. The van der Waals surface area contributed by atoms with Gasteiger partial charge in [0.2, 0.25) is 5.91 Å². The van der Waals surface area contributed by atoms with Gasteiger partial charge in [0.05, 0.1) is 11.9 Å². The molecule has 0 heterocycles. The SMILES string of the molecule is COCCNCc1cccc(SC(C)C(=O)NC(N)=O)c1. The number of urea groups is 1. The number of imide groups is 1. The number of thioether (sulfide) groups is 1. The van der Waals surface area contributed by atoms with E-state index >= 15 is 0 Å². The van der Waals surface area contributed by atoms with E-state index in [2.05, 4.69) is 10.6 Å². The first kappa shape index (κ1) is 17.5. The molecule has 1 aromatic rings. The molecule has 1 unspecified atom stereocenters. The van der Waals surface area contributed by atoms with Crippen molar-refractivity contribution in [3.63, 3.8) is 0 Å². The van der Waals surface area contributed by atoms with E-state index in [1.54, 1.807) is 14.0 Å². The fourth-order valence-electron chi connectivity index (χ4n) is 1.62. The van der Waals surface area contributed by atoms with Crippen LogP contribution in [0.4, 0.5) is 4.79 Å². The smallest absolute Gasteiger partial charge is 0.318 e. The highest BCUT2D eigenvalue weighted by Crippen LogP contribution is 2.24. The Bertz CT molecular complexity index is 482. The number of carbonyl (C=O) groups is 2. The van der Waals surface area contributed by atoms with Crippen LogP contribution in [0.25, 0.3) is 0 Å². The van der Waals surface area contributed by atoms with Gasteiger partial charge in [0.25, 0.3) is 0 Å². The number of carbonyl (C=O) groups excluding carboxylic acids is 2. The Morgan fingerprint density at radius 2 is 2.19 bits per heavy atom. The lowest BCUT2D eigenvalue weighted by molar-refractivity contribution is -0.119. The molecule has 0 spiro atoms. The number of benzene rings is 1. The molecule has 1 atom stereocenters. The molecule has 0 aliphatic carbocycles. The number of ether oxygens (including phenoxy) is 1. The second-order valence-corrected chi connectivity index (χ2v) is 5.84. The van der Waals surface area contributed by atoms with Gasteiger partial charge in [-0.1, -0.05) is 12.1 Å². The van der Waals surface area contributed by atoms with E-state index in [4.69, 9.17) is 10.5 Å². The third-order valence-electron chi connectivity index (χ3n) is 2.64. The van der Waals surface area contributed by atoms with Crippen molar-refractivity contribution in [2.45, 2.75) is 23.6 Å². The van der Waals surface area contributed by atoms with Crippen LogP contribution in [0, 0.1) is 0 Å². The maximum Gasteiger partial charge on any atom is 0.318 e. The normalized spacial score (nSPS) is 11.9. The van der Waals surface area contributed by atoms with Gasteiger partial charge in [-0.05, 0) is 24.6 Å². The molecule has 7 heteroatoms. The van der Waals surface area contributed by atoms with Crippen LogP contribution in [0.1, 0.15) is 12.5 Å². The molecular weight excluding hydrogens is 290 g/mol. The summed E-state index contributed by atoms with van der Waals surface area (Å²) in [5.74, 6) is -0.392. The molecule has 0 aromatic heterocycles. The highest BCUT2D eigenvalue weighted by Gasteiger charge is 2.15. The first-order valence-corrected chi connectivity index (χ1v) is 7.46. The largest absolute Gasteiger partial charge is 0.383 e. The van der Waals surface area contributed by atoms with Crippen molar-refractivity contribution in [3.8, 4) is 0 Å². The lowest BCUT2D eigenvalue weighted by Gasteiger charge is -2.11. The fourth-order valence-corrected chi connectivity index (χ4v) is 2.57. The number of nitrogens with one attached hydrogen (secondary N) is 2. The van der Waals surface area contributed by atoms with E-state index < -0.39 is 17.2 Å². The first-order valence-electron chi connectivity index (χ1n) is 6.58. The summed E-state index contributed by atoms with van der Waals surface area (Å²) in [6.45, 7) is 3.91. The van der Waals surface area contributed by atoms with Gasteiger partial charge in [-0.15, -0.1) is 11.8 Å². The number of hydrogen-bond donors (Lipinski definition) is 3. The molecule has 0 aliphatic rings. The monoisotopic (exact) mass is 311 g/mol. The van der Waals surface area contributed by atoms with Gasteiger partial charge >= 0.3 is 6.03 Å². The van der Waals surface area contributed by atoms with Gasteiger partial charge in [0.1, 0.15) is 0 Å². The molecule has 4 N–H and O–H groups in total. The highest BCUT2D eigenvalue weighted by atomic mass is 32.2. The minimum Gasteiger partial charge on any atom is -0.383 e. The molecule has 116 valence electrons. The lowest BCUT2D eigenvalue weighted by atomic mass is 10.2. The molecule has 0 radical (unpaired) electrons. The van der Waals surface area contributed by atoms with Crippen LogP contribution in [0.5, 0.6) is 0 Å². The summed E-state index contributed by atoms with van der Waals surface area (Å²) < 4.78 is 4.97. The van der Waals surface area contributed by atoms with Gasteiger partial charge in [-0.3, -0.25) is 10.1 Å². The molecular formula is C14H21N3O3S. The zero-order valence-corrected chi connectivity index (χ0v) is 13.0. The molecule has 0 aliphatic heterocycles. The molecule has 6 nitrogen and oxygen atoms in total. The summed E-state index contributed by atoms with van der Waals surface area (Å²) in [4.78, 5) is 23.2. The molecule has 3 amide bonds. The third-order valence-corrected chi connectivity index (χ3v) is 3.73. The van der Waals surface area contributed by atoms with Crippen LogP contribution in [-0.4, -0.2) is 37.4 Å². The topological polar surface area (TPSA) is 93.4 Å². The van der Waals surface area contributed by atoms with Crippen molar-refractivity contribution in [2.24, 2.45) is 5.73 Å². The minimum atomic E-state index is -0.830. The van der Waals surface area contributed by atoms with Crippen molar-refractivity contribution in [1.82, 2.24) is 10.6 Å². The van der Waals surface area contributed by atoms with Crippen molar-refractivity contribution in [3.05, 3.63) is 29.8 Å². The van der Waals surface area contributed by atoms with Crippen molar-refractivity contribution >= 4 is 23.7 Å². The molecule has 0 bridgehead atoms. The predicted molar refractivity (Wildman–Crippen MR) is 83.1 cm³/mol. The molecule has 1 rings (SSSR count). The van der Waals surface area contributed by atoms with Gasteiger partial charge < -0.3 is 15.8 Å². The fraction of sp³-hybridized carbons (Fsp3) is 0.429. The number of rotatable bonds is 8. The van der Waals surface area contributed by atoms with E-state index in [1.807, 2.05) is 24.3 Å². The van der Waals surface area contributed by atoms with Gasteiger partial charge in [-0.2, -0.15) is 0 Å². The highest BCUT2D eigenvalue weighted by molar-refractivity contribution is 8.00. The second kappa shape index (κ2) is 9.38. The average molecular weight is 311 g/mol. The van der Waals surface area contributed by atoms with E-state index in [1.165, 1.54) is 11.8 Å². The lowest BCUT2D eigenvalue weighted by Crippen LogP contribution is -2.39. The summed E-state index contributed by atoms with van der Waals surface area (Å²) in [5.41, 5.74) is 6.05. The van der Waals surface area contributed by atoms with Gasteiger partial charge in [-0.25, -0.2) is 4.79 Å². The number of hydrogen-bond acceptors (Lipinski definition) is 5. The van der Waals surface area contributed by atoms with Crippen molar-refractivity contribution in [1.29, 1.82) is 0 Å². The Kier molecular flexibility index (Phi) is 7.81. The van der Waals surface area contributed by atoms with Crippen LogP contribution in [-0.2, 0) is 16.1 Å². The summed E-state index contributed by atoms with van der Waals surface area (Å²) in [7, 11) is 1.66. The van der Waals surface area contributed by atoms with Crippen LogP contribution in [0.3, 0.4) is 0 Å². The van der Waals surface area contributed by atoms with Gasteiger partial charge in [0.15, 0.2) is 0 Å². The zero-order valence-electron chi connectivity index (χ0n) is 12.2. The Morgan fingerprint density at radius 3 is 2.86 bits per heavy atom. The number of amides is 3. The maximum atomic E-state index is 11.6. The van der Waals surface area contributed by atoms with Crippen LogP contribution in [0.2, 0.25) is 0 Å². The summed E-state index contributed by atoms with van der Waals surface area (Å²) >= 11 is 1.38. The molecule has 21 heavy (non-hydrogen) atoms. The van der Waals surface area contributed by atoms with Crippen molar-refractivity contribution in [2.75, 3.05) is 20.3 Å². The van der Waals surface area contributed by atoms with Crippen LogP contribution < -0.4 is 16.4 Å². The molecule has 1 aromatic carbocycles. The summed E-state index contributed by atoms with van der Waals surface area (Å²) in [6.07, 6.45) is 0. The van der Waals surface area contributed by atoms with Crippen LogP contribution >= 0.6 is 11.8 Å². The molecule has 0 saturated carbocycles. The molecule has 0 fully saturated rings. The standard InChI is InChI=1S/C14H21N3O3S/c1-10(13(18)17-14(15)19)21-12-5-3-4-11(8-12)9-16-6-7-20-2/h3-5,8,10,16H,6-7,9H2,1-2H3,(H3,15,17,18,19). The van der Waals surface area contributed by atoms with E-state index in [0.29, 0.717) is 6.61 Å². The second-order valence-electron chi connectivity index (χ2n) is 4.43. The predicted octanol–water partition coefficient (Wildman–Crippen LogP) is 1.10. The van der Waals surface area contributed by atoms with Crippen molar-refractivity contribution < 1.29 is 14.3 Å². The third kappa shape index (κ3) is 7.12. The van der Waals surface area contributed by atoms with Gasteiger partial charge in [0, 0.05) is 25.1 Å². The van der Waals surface area contributed by atoms with Crippen LogP contribution in [0.15, 0.2) is 29.2 Å². The maximum absolute atomic E-state index is 11.6. The zero-order chi connectivity index (χ0) is 15.7. The summed E-state index contributed by atoms with van der Waals surface area (Å²) in [5, 5.41) is 4.94. The first-order chi connectivity index (χ1) is 10.0. The van der Waals surface area contributed by atoms with E-state index in [-0.39, 0.29) is 0 Å².